The molecular formula is C16H21N3O4. The number of piperidine rings is 1. The molecule has 23 heavy (non-hydrogen) atoms. The van der Waals surface area contributed by atoms with E-state index in [-0.39, 0.29) is 30.6 Å². The highest BCUT2D eigenvalue weighted by Gasteiger charge is 2.74. The van der Waals surface area contributed by atoms with E-state index in [0.29, 0.717) is 13.0 Å². The minimum atomic E-state index is -1.23. The lowest BCUT2D eigenvalue weighted by atomic mass is 9.55. The van der Waals surface area contributed by atoms with Gasteiger partial charge >= 0.3 is 5.97 Å². The van der Waals surface area contributed by atoms with Gasteiger partial charge in [-0.3, -0.25) is 14.4 Å². The molecule has 3 fully saturated rings. The molecule has 1 amide bonds. The van der Waals surface area contributed by atoms with E-state index >= 15 is 0 Å². The quantitative estimate of drug-likeness (QED) is 0.677. The van der Waals surface area contributed by atoms with Crippen molar-refractivity contribution in [2.75, 3.05) is 20.2 Å². The second kappa shape index (κ2) is 4.85. The van der Waals surface area contributed by atoms with Crippen molar-refractivity contribution >= 4 is 17.7 Å². The fraction of sp³-hybridized carbons (Fsp3) is 0.812. The zero-order chi connectivity index (χ0) is 16.2. The van der Waals surface area contributed by atoms with Gasteiger partial charge in [0, 0.05) is 19.4 Å². The zero-order valence-corrected chi connectivity index (χ0v) is 13.3. The van der Waals surface area contributed by atoms with E-state index in [4.69, 9.17) is 4.74 Å². The van der Waals surface area contributed by atoms with Gasteiger partial charge in [-0.1, -0.05) is 12.8 Å². The topological polar surface area (TPSA) is 88.4 Å². The molecular weight excluding hydrogens is 298 g/mol. The van der Waals surface area contributed by atoms with Gasteiger partial charge in [-0.25, -0.2) is 0 Å². The molecule has 2 spiro atoms. The van der Waals surface area contributed by atoms with Gasteiger partial charge in [-0.2, -0.15) is 10.2 Å². The van der Waals surface area contributed by atoms with Crippen LogP contribution in [0, 0.1) is 11.8 Å². The first kappa shape index (κ1) is 14.8. The number of nitrogens with zero attached hydrogens (tertiary/aromatic N) is 3. The molecule has 4 rings (SSSR count). The number of esters is 1. The molecule has 7 nitrogen and oxygen atoms in total. The van der Waals surface area contributed by atoms with Gasteiger partial charge in [-0.15, -0.1) is 0 Å². The predicted molar refractivity (Wildman–Crippen MR) is 78.6 cm³/mol. The maximum Gasteiger partial charge on any atom is 0.313 e. The summed E-state index contributed by atoms with van der Waals surface area (Å²) in [6.07, 6.45) is 4.32. The normalized spacial score (nSPS) is 42.0. The van der Waals surface area contributed by atoms with Gasteiger partial charge in [-0.05, 0) is 18.8 Å². The lowest BCUT2D eigenvalue weighted by molar-refractivity contribution is -0.163. The second-order valence-corrected chi connectivity index (χ2v) is 7.06. The van der Waals surface area contributed by atoms with Gasteiger partial charge in [0.15, 0.2) is 11.3 Å². The van der Waals surface area contributed by atoms with Crippen molar-refractivity contribution in [3.05, 3.63) is 0 Å². The minimum Gasteiger partial charge on any atom is -0.469 e. The fourth-order valence-electron chi connectivity index (χ4n) is 5.54. The summed E-state index contributed by atoms with van der Waals surface area (Å²) in [6, 6.07) is 0. The SMILES string of the molecule is COC(=O)[C@H]1CN=N[C@@]12C(=O)CCN1C(=O)C[C@@H]3CCCC[C@@]312. The average molecular weight is 319 g/mol. The van der Waals surface area contributed by atoms with E-state index in [2.05, 4.69) is 10.2 Å². The standard InChI is InChI=1S/C16H21N3O4/c1-23-14(22)11-9-17-18-16(11)12(20)5-7-19-13(21)8-10-4-2-3-6-15(10,16)19/h10-11H,2-9H2,1H3/t10-,11+,15-,16+/m0/s1. The third kappa shape index (κ3) is 1.58. The molecule has 4 aliphatic rings. The van der Waals surface area contributed by atoms with Crippen molar-refractivity contribution in [3.8, 4) is 0 Å². The van der Waals surface area contributed by atoms with Gasteiger partial charge in [0.25, 0.3) is 0 Å². The number of amides is 1. The average Bonchev–Trinajstić information content (AvgIpc) is 3.11. The number of carbonyl (C=O) groups excluding carboxylic acids is 3. The van der Waals surface area contributed by atoms with Crippen molar-refractivity contribution in [3.63, 3.8) is 0 Å². The molecule has 1 aliphatic carbocycles. The first-order chi connectivity index (χ1) is 11.1. The monoisotopic (exact) mass is 319 g/mol. The molecule has 7 heteroatoms. The van der Waals surface area contributed by atoms with Gasteiger partial charge < -0.3 is 9.64 Å². The third-order valence-corrected chi connectivity index (χ3v) is 6.37. The largest absolute Gasteiger partial charge is 0.469 e. The Bertz CT molecular complexity index is 618. The molecule has 0 unspecified atom stereocenters. The molecule has 0 aromatic rings. The Morgan fingerprint density at radius 1 is 1.35 bits per heavy atom. The number of Topliss-reactive ketones (excluding diaryl/α,β-unsaturated/α-hetero) is 1. The number of hydrogen-bond acceptors (Lipinski definition) is 6. The zero-order valence-electron chi connectivity index (χ0n) is 13.3. The smallest absolute Gasteiger partial charge is 0.313 e. The number of hydrogen-bond donors (Lipinski definition) is 0. The number of methoxy groups -OCH3 is 1. The Morgan fingerprint density at radius 3 is 2.96 bits per heavy atom. The summed E-state index contributed by atoms with van der Waals surface area (Å²) in [4.78, 5) is 39.9. The van der Waals surface area contributed by atoms with E-state index in [1.807, 2.05) is 4.90 Å². The van der Waals surface area contributed by atoms with Crippen LogP contribution in [-0.2, 0) is 19.1 Å². The maximum atomic E-state index is 13.0. The Labute approximate surface area is 134 Å². The lowest BCUT2D eigenvalue weighted by Crippen LogP contribution is -2.74. The molecule has 0 aromatic carbocycles. The Morgan fingerprint density at radius 2 is 2.17 bits per heavy atom. The van der Waals surface area contributed by atoms with Crippen LogP contribution in [0.3, 0.4) is 0 Å². The van der Waals surface area contributed by atoms with E-state index in [1.165, 1.54) is 7.11 Å². The number of azo groups is 1. The van der Waals surface area contributed by atoms with E-state index < -0.39 is 23.0 Å². The highest BCUT2D eigenvalue weighted by Crippen LogP contribution is 2.59. The van der Waals surface area contributed by atoms with Crippen molar-refractivity contribution in [1.29, 1.82) is 0 Å². The van der Waals surface area contributed by atoms with E-state index in [9.17, 15) is 14.4 Å². The highest BCUT2D eigenvalue weighted by atomic mass is 16.5. The molecule has 3 aliphatic heterocycles. The number of ketones is 1. The molecule has 3 heterocycles. The van der Waals surface area contributed by atoms with Crippen LogP contribution in [0.25, 0.3) is 0 Å². The van der Waals surface area contributed by atoms with Crippen LogP contribution in [0.5, 0.6) is 0 Å². The molecule has 0 N–H and O–H groups in total. The van der Waals surface area contributed by atoms with Crippen molar-refractivity contribution in [1.82, 2.24) is 4.90 Å². The van der Waals surface area contributed by atoms with Crippen LogP contribution in [-0.4, -0.2) is 53.8 Å². The first-order valence-electron chi connectivity index (χ1n) is 8.38. The number of rotatable bonds is 1. The Kier molecular flexibility index (Phi) is 3.12. The fourth-order valence-corrected chi connectivity index (χ4v) is 5.54. The van der Waals surface area contributed by atoms with Crippen molar-refractivity contribution in [2.45, 2.75) is 49.6 Å². The van der Waals surface area contributed by atoms with Crippen molar-refractivity contribution < 1.29 is 19.1 Å². The molecule has 0 aromatic heterocycles. The Hall–Kier alpha value is -1.79. The molecule has 124 valence electrons. The minimum absolute atomic E-state index is 0.0491. The van der Waals surface area contributed by atoms with Crippen LogP contribution in [0.2, 0.25) is 0 Å². The predicted octanol–water partition coefficient (Wildman–Crippen LogP) is 1.11. The Balaban J connectivity index is 1.91. The maximum absolute atomic E-state index is 13.0. The summed E-state index contributed by atoms with van der Waals surface area (Å²) in [7, 11) is 1.33. The third-order valence-electron chi connectivity index (χ3n) is 6.37. The molecule has 0 bridgehead atoms. The van der Waals surface area contributed by atoms with Crippen LogP contribution in [0.15, 0.2) is 10.2 Å². The second-order valence-electron chi connectivity index (χ2n) is 7.06. The molecule has 4 atom stereocenters. The van der Waals surface area contributed by atoms with Crippen LogP contribution < -0.4 is 0 Å². The van der Waals surface area contributed by atoms with Crippen LogP contribution in [0.1, 0.15) is 38.5 Å². The first-order valence-corrected chi connectivity index (χ1v) is 8.38. The van der Waals surface area contributed by atoms with Crippen LogP contribution >= 0.6 is 0 Å². The summed E-state index contributed by atoms with van der Waals surface area (Å²) in [5, 5.41) is 8.49. The lowest BCUT2D eigenvalue weighted by Gasteiger charge is -2.56. The molecule has 0 radical (unpaired) electrons. The molecule has 1 saturated carbocycles. The number of carbonyl (C=O) groups is 3. The highest BCUT2D eigenvalue weighted by molar-refractivity contribution is 5.99. The van der Waals surface area contributed by atoms with E-state index in [1.54, 1.807) is 0 Å². The summed E-state index contributed by atoms with van der Waals surface area (Å²) in [5.74, 6) is -1.02. The van der Waals surface area contributed by atoms with Gasteiger partial charge in [0.05, 0.1) is 19.2 Å². The number of ether oxygens (including phenoxy) is 1. The summed E-state index contributed by atoms with van der Waals surface area (Å²) < 4.78 is 4.95. The van der Waals surface area contributed by atoms with E-state index in [0.717, 1.165) is 25.7 Å². The van der Waals surface area contributed by atoms with Gasteiger partial charge in [0.2, 0.25) is 5.91 Å². The van der Waals surface area contributed by atoms with Crippen molar-refractivity contribution in [2.24, 2.45) is 22.1 Å². The summed E-state index contributed by atoms with van der Waals surface area (Å²) in [6.45, 7) is 0.619. The van der Waals surface area contributed by atoms with Gasteiger partial charge in [0.1, 0.15) is 5.92 Å². The summed E-state index contributed by atoms with van der Waals surface area (Å²) >= 11 is 0. The van der Waals surface area contributed by atoms with Crippen LogP contribution in [0.4, 0.5) is 0 Å². The summed E-state index contributed by atoms with van der Waals surface area (Å²) in [5.41, 5.74) is -1.90. The molecule has 2 saturated heterocycles.